The molecule has 3 nitrogen and oxygen atoms in total. The van der Waals surface area contributed by atoms with E-state index in [0.717, 1.165) is 25.0 Å². The molecular formula is C9H16N2O. The summed E-state index contributed by atoms with van der Waals surface area (Å²) >= 11 is 0. The summed E-state index contributed by atoms with van der Waals surface area (Å²) in [6.45, 7) is 2.76. The Morgan fingerprint density at radius 3 is 3.00 bits per heavy atom. The van der Waals surface area contributed by atoms with Crippen LogP contribution in [0.5, 0.6) is 0 Å². The van der Waals surface area contributed by atoms with Crippen LogP contribution in [0.15, 0.2) is 16.8 Å². The van der Waals surface area contributed by atoms with Crippen molar-refractivity contribution < 1.29 is 4.74 Å². The zero-order valence-corrected chi connectivity index (χ0v) is 7.49. The van der Waals surface area contributed by atoms with Crippen LogP contribution in [0.25, 0.3) is 0 Å². The van der Waals surface area contributed by atoms with Gasteiger partial charge in [0.25, 0.3) is 0 Å². The van der Waals surface area contributed by atoms with E-state index in [-0.39, 0.29) is 6.23 Å². The largest absolute Gasteiger partial charge is 0.404 e. The van der Waals surface area contributed by atoms with Crippen molar-refractivity contribution in [2.45, 2.75) is 32.4 Å². The molecule has 0 amide bonds. The Hall–Kier alpha value is -0.830. The van der Waals surface area contributed by atoms with Gasteiger partial charge in [0.2, 0.25) is 0 Å². The van der Waals surface area contributed by atoms with Gasteiger partial charge in [-0.25, -0.2) is 0 Å². The van der Waals surface area contributed by atoms with Crippen LogP contribution in [0, 0.1) is 0 Å². The van der Waals surface area contributed by atoms with Crippen LogP contribution in [0.3, 0.4) is 0 Å². The van der Waals surface area contributed by atoms with Gasteiger partial charge in [-0.05, 0) is 38.0 Å². The number of nitrogens with two attached hydrogens (primary N) is 1. The summed E-state index contributed by atoms with van der Waals surface area (Å²) in [7, 11) is 0. The first-order valence-electron chi connectivity index (χ1n) is 4.36. The van der Waals surface area contributed by atoms with Crippen LogP contribution in [0.4, 0.5) is 0 Å². The Kier molecular flexibility index (Phi) is 3.80. The van der Waals surface area contributed by atoms with Gasteiger partial charge < -0.3 is 10.5 Å². The van der Waals surface area contributed by atoms with E-state index < -0.39 is 0 Å². The minimum atomic E-state index is 0.0636. The summed E-state index contributed by atoms with van der Waals surface area (Å²) in [4.78, 5) is 4.26. The molecule has 0 aromatic carbocycles. The number of ether oxygens (including phenoxy) is 1. The van der Waals surface area contributed by atoms with Gasteiger partial charge in [0.1, 0.15) is 6.23 Å². The molecule has 0 aromatic rings. The first-order valence-corrected chi connectivity index (χ1v) is 4.36. The lowest BCUT2D eigenvalue weighted by Gasteiger charge is -2.18. The number of aliphatic imine (C=N–C) groups is 1. The Labute approximate surface area is 73.3 Å². The monoisotopic (exact) mass is 168 g/mol. The van der Waals surface area contributed by atoms with Crippen LogP contribution < -0.4 is 5.73 Å². The molecule has 0 saturated carbocycles. The molecule has 1 heterocycles. The van der Waals surface area contributed by atoms with Crippen molar-refractivity contribution in [1.29, 1.82) is 0 Å². The van der Waals surface area contributed by atoms with E-state index in [1.165, 1.54) is 6.42 Å². The molecule has 1 fully saturated rings. The van der Waals surface area contributed by atoms with Gasteiger partial charge in [0.15, 0.2) is 0 Å². The summed E-state index contributed by atoms with van der Waals surface area (Å²) in [5, 5.41) is 0. The topological polar surface area (TPSA) is 47.6 Å². The van der Waals surface area contributed by atoms with Crippen molar-refractivity contribution in [3.05, 3.63) is 11.8 Å². The third kappa shape index (κ3) is 3.05. The molecule has 68 valence electrons. The minimum Gasteiger partial charge on any atom is -0.404 e. The highest BCUT2D eigenvalue weighted by molar-refractivity contribution is 5.77. The average Bonchev–Trinajstić information content (AvgIpc) is 2.16. The lowest BCUT2D eigenvalue weighted by atomic mass is 10.2. The van der Waals surface area contributed by atoms with Crippen molar-refractivity contribution in [2.24, 2.45) is 10.7 Å². The third-order valence-corrected chi connectivity index (χ3v) is 1.86. The quantitative estimate of drug-likeness (QED) is 0.634. The molecule has 1 aliphatic heterocycles. The number of nitrogens with zero attached hydrogens (tertiary/aromatic N) is 1. The standard InChI is InChI=1S/C9H16N2O/c1-8(6-10)7-11-9-4-2-3-5-12-9/h6-7,9H,2-5,10H2,1H3. The van der Waals surface area contributed by atoms with E-state index in [0.29, 0.717) is 0 Å². The molecule has 1 rings (SSSR count). The van der Waals surface area contributed by atoms with Crippen molar-refractivity contribution >= 4 is 6.21 Å². The first kappa shape index (κ1) is 9.26. The van der Waals surface area contributed by atoms with Crippen LogP contribution >= 0.6 is 0 Å². The maximum absolute atomic E-state index is 5.41. The molecule has 0 spiro atoms. The van der Waals surface area contributed by atoms with Crippen molar-refractivity contribution in [3.8, 4) is 0 Å². The highest BCUT2D eigenvalue weighted by atomic mass is 16.5. The first-order chi connectivity index (χ1) is 5.83. The molecule has 1 unspecified atom stereocenters. The number of rotatable bonds is 2. The molecular weight excluding hydrogens is 152 g/mol. The zero-order valence-electron chi connectivity index (χ0n) is 7.49. The van der Waals surface area contributed by atoms with Gasteiger partial charge in [-0.2, -0.15) is 0 Å². The molecule has 0 aromatic heterocycles. The molecule has 1 saturated heterocycles. The SMILES string of the molecule is CC(C=NC1CCCCO1)=CN. The van der Waals surface area contributed by atoms with Crippen molar-refractivity contribution in [3.63, 3.8) is 0 Å². The van der Waals surface area contributed by atoms with Gasteiger partial charge in [-0.15, -0.1) is 0 Å². The smallest absolute Gasteiger partial charge is 0.148 e. The summed E-state index contributed by atoms with van der Waals surface area (Å²) in [6.07, 6.45) is 6.80. The number of allylic oxidation sites excluding steroid dienone is 1. The Bertz CT molecular complexity index is 181. The van der Waals surface area contributed by atoms with Gasteiger partial charge in [-0.3, -0.25) is 4.99 Å². The predicted molar refractivity (Wildman–Crippen MR) is 50.0 cm³/mol. The van der Waals surface area contributed by atoms with Crippen LogP contribution in [-0.4, -0.2) is 19.0 Å². The molecule has 3 heteroatoms. The zero-order chi connectivity index (χ0) is 8.81. The van der Waals surface area contributed by atoms with Gasteiger partial charge in [0.05, 0.1) is 0 Å². The summed E-state index contributed by atoms with van der Waals surface area (Å²) < 4.78 is 5.41. The molecule has 0 radical (unpaired) electrons. The lowest BCUT2D eigenvalue weighted by Crippen LogP contribution is -2.16. The minimum absolute atomic E-state index is 0.0636. The van der Waals surface area contributed by atoms with E-state index in [1.54, 1.807) is 12.4 Å². The fraction of sp³-hybridized carbons (Fsp3) is 0.667. The van der Waals surface area contributed by atoms with E-state index in [9.17, 15) is 0 Å². The average molecular weight is 168 g/mol. The Morgan fingerprint density at radius 2 is 2.42 bits per heavy atom. The molecule has 2 N–H and O–H groups in total. The van der Waals surface area contributed by atoms with E-state index in [4.69, 9.17) is 10.5 Å². The molecule has 0 bridgehead atoms. The summed E-state index contributed by atoms with van der Waals surface area (Å²) in [6, 6.07) is 0. The second kappa shape index (κ2) is 4.93. The third-order valence-electron chi connectivity index (χ3n) is 1.86. The van der Waals surface area contributed by atoms with Gasteiger partial charge in [0, 0.05) is 12.8 Å². The molecule has 1 aliphatic rings. The van der Waals surface area contributed by atoms with Crippen molar-refractivity contribution in [1.82, 2.24) is 0 Å². The fourth-order valence-electron chi connectivity index (χ4n) is 1.09. The second-order valence-electron chi connectivity index (χ2n) is 3.01. The van der Waals surface area contributed by atoms with Crippen molar-refractivity contribution in [2.75, 3.05) is 6.61 Å². The summed E-state index contributed by atoms with van der Waals surface area (Å²) in [5.74, 6) is 0. The lowest BCUT2D eigenvalue weighted by molar-refractivity contribution is 0.0227. The second-order valence-corrected chi connectivity index (χ2v) is 3.01. The summed E-state index contributed by atoms with van der Waals surface area (Å²) in [5.41, 5.74) is 6.27. The van der Waals surface area contributed by atoms with Gasteiger partial charge >= 0.3 is 0 Å². The molecule has 12 heavy (non-hydrogen) atoms. The number of hydrogen-bond acceptors (Lipinski definition) is 3. The van der Waals surface area contributed by atoms with Crippen LogP contribution in [0.1, 0.15) is 26.2 Å². The van der Waals surface area contributed by atoms with Crippen LogP contribution in [0.2, 0.25) is 0 Å². The van der Waals surface area contributed by atoms with Gasteiger partial charge in [-0.1, -0.05) is 0 Å². The maximum atomic E-state index is 5.41. The highest BCUT2D eigenvalue weighted by Crippen LogP contribution is 2.13. The van der Waals surface area contributed by atoms with E-state index in [1.807, 2.05) is 6.92 Å². The normalized spacial score (nSPS) is 26.4. The fourth-order valence-corrected chi connectivity index (χ4v) is 1.09. The van der Waals surface area contributed by atoms with Crippen LogP contribution in [-0.2, 0) is 4.74 Å². The van der Waals surface area contributed by atoms with E-state index in [2.05, 4.69) is 4.99 Å². The Balaban J connectivity index is 2.33. The van der Waals surface area contributed by atoms with E-state index >= 15 is 0 Å². The molecule has 0 aliphatic carbocycles. The predicted octanol–water partition coefficient (Wildman–Crippen LogP) is 1.45. The Morgan fingerprint density at radius 1 is 1.58 bits per heavy atom. The molecule has 1 atom stereocenters. The number of hydrogen-bond donors (Lipinski definition) is 1. The maximum Gasteiger partial charge on any atom is 0.148 e. The highest BCUT2D eigenvalue weighted by Gasteiger charge is 2.10.